The predicted octanol–water partition coefficient (Wildman–Crippen LogP) is 11.0. The van der Waals surface area contributed by atoms with Crippen LogP contribution in [0.3, 0.4) is 0 Å². The smallest absolute Gasteiger partial charge is 0.340 e. The van der Waals surface area contributed by atoms with Gasteiger partial charge in [-0.05, 0) is 112 Å². The van der Waals surface area contributed by atoms with E-state index in [-0.39, 0.29) is 45.8 Å². The van der Waals surface area contributed by atoms with E-state index in [9.17, 15) is 34.5 Å². The second-order valence-electron chi connectivity index (χ2n) is 19.0. The lowest BCUT2D eigenvalue weighted by Gasteiger charge is -2.50. The summed E-state index contributed by atoms with van der Waals surface area (Å²) >= 11 is 0. The molecule has 0 saturated carbocycles. The largest absolute Gasteiger partial charge is 0.506 e. The summed E-state index contributed by atoms with van der Waals surface area (Å²) in [4.78, 5) is 52.6. The molecular weight excluding hydrogens is 869 g/mol. The number of para-hydroxylation sites is 1. The second kappa shape index (κ2) is 18.7. The molecule has 4 aliphatic rings. The van der Waals surface area contributed by atoms with Crippen molar-refractivity contribution in [1.82, 2.24) is 0 Å². The summed E-state index contributed by atoms with van der Waals surface area (Å²) in [5.41, 5.74) is -1.68. The Morgan fingerprint density at radius 2 is 1.57 bits per heavy atom. The fraction of sp³-hybridized carbons (Fsp3) is 0.382. The van der Waals surface area contributed by atoms with Gasteiger partial charge in [-0.3, -0.25) is 9.59 Å². The van der Waals surface area contributed by atoms with Crippen molar-refractivity contribution in [3.63, 3.8) is 0 Å². The molecule has 13 nitrogen and oxygen atoms in total. The summed E-state index contributed by atoms with van der Waals surface area (Å²) in [6, 6.07) is 14.6. The van der Waals surface area contributed by atoms with Gasteiger partial charge >= 0.3 is 11.9 Å². The molecule has 68 heavy (non-hydrogen) atoms. The number of benzene rings is 3. The van der Waals surface area contributed by atoms with Crippen LogP contribution in [-0.2, 0) is 20.7 Å². The van der Waals surface area contributed by atoms with Gasteiger partial charge < -0.3 is 43.4 Å². The van der Waals surface area contributed by atoms with Crippen LogP contribution in [0.5, 0.6) is 28.7 Å². The van der Waals surface area contributed by atoms with Crippen LogP contribution in [0.4, 0.5) is 0 Å². The molecule has 0 bridgehead atoms. The third-order valence-corrected chi connectivity index (χ3v) is 13.3. The van der Waals surface area contributed by atoms with Gasteiger partial charge in [-0.25, -0.2) is 9.59 Å². The van der Waals surface area contributed by atoms with E-state index in [1.165, 1.54) is 25.7 Å². The molecule has 8 rings (SSSR count). The Balaban J connectivity index is 0.000000270. The third-order valence-electron chi connectivity index (χ3n) is 13.3. The van der Waals surface area contributed by atoms with Gasteiger partial charge in [0.15, 0.2) is 28.5 Å². The SMILES string of the molecule is CC(C)=CCCC1(C)C=Cc2c(O)c3c(c(CC=C(C)C)c2O1)OC12C(=CCCC1C(C)(C)OC2(CC=C(C)C(=O)O)C(=O)O)C3=O.COc1c(-c2ccccc2)oc2c(OC)cccc2c1=O. The Hall–Kier alpha value is -6.86. The summed E-state index contributed by atoms with van der Waals surface area (Å²) in [5, 5.41) is 32.8. The summed E-state index contributed by atoms with van der Waals surface area (Å²) in [5.74, 6) is -2.41. The molecule has 13 heteroatoms. The van der Waals surface area contributed by atoms with Gasteiger partial charge in [0.1, 0.15) is 28.4 Å². The Morgan fingerprint density at radius 1 is 0.868 bits per heavy atom. The highest BCUT2D eigenvalue weighted by Gasteiger charge is 2.77. The summed E-state index contributed by atoms with van der Waals surface area (Å²) in [6.07, 6.45) is 13.1. The maximum absolute atomic E-state index is 14.7. The van der Waals surface area contributed by atoms with Gasteiger partial charge in [-0.2, -0.15) is 0 Å². The fourth-order valence-electron chi connectivity index (χ4n) is 9.96. The number of hydrogen-bond donors (Lipinski definition) is 3. The Labute approximate surface area is 396 Å². The van der Waals surface area contributed by atoms with Crippen LogP contribution in [0, 0.1) is 5.92 Å². The molecule has 3 aromatic carbocycles. The number of aliphatic carboxylic acids is 2. The Kier molecular flexibility index (Phi) is 13.5. The van der Waals surface area contributed by atoms with Crippen molar-refractivity contribution in [3.05, 3.63) is 128 Å². The van der Waals surface area contributed by atoms with E-state index in [1.807, 2.05) is 77.1 Å². The molecule has 1 aromatic heterocycles. The number of carbonyl (C=O) groups is 3. The minimum absolute atomic E-state index is 0.0407. The minimum Gasteiger partial charge on any atom is -0.506 e. The van der Waals surface area contributed by atoms with Crippen LogP contribution >= 0.6 is 0 Å². The van der Waals surface area contributed by atoms with Gasteiger partial charge in [0.25, 0.3) is 0 Å². The van der Waals surface area contributed by atoms with Crippen LogP contribution < -0.4 is 24.4 Å². The van der Waals surface area contributed by atoms with Crippen molar-refractivity contribution in [2.24, 2.45) is 5.92 Å². The first kappa shape index (κ1) is 49.1. The van der Waals surface area contributed by atoms with E-state index in [0.29, 0.717) is 65.0 Å². The van der Waals surface area contributed by atoms with E-state index < -0.39 is 46.0 Å². The van der Waals surface area contributed by atoms with Gasteiger partial charge in [0, 0.05) is 34.6 Å². The van der Waals surface area contributed by atoms with Crippen molar-refractivity contribution in [1.29, 1.82) is 0 Å². The number of phenolic OH excluding ortho intramolecular Hbond substituents is 1. The number of fused-ring (bicyclic) bond motifs is 3. The molecule has 1 fully saturated rings. The van der Waals surface area contributed by atoms with Crippen LogP contribution in [0.2, 0.25) is 0 Å². The zero-order valence-corrected chi connectivity index (χ0v) is 40.3. The number of ether oxygens (including phenoxy) is 5. The quantitative estimate of drug-likeness (QED) is 0.0900. The molecule has 3 aliphatic heterocycles. The molecule has 4 atom stereocenters. The number of hydrogen-bond acceptors (Lipinski definition) is 11. The van der Waals surface area contributed by atoms with Gasteiger partial charge in [-0.1, -0.05) is 71.8 Å². The molecule has 358 valence electrons. The number of carbonyl (C=O) groups excluding carboxylic acids is 1. The van der Waals surface area contributed by atoms with Crippen molar-refractivity contribution in [2.45, 2.75) is 116 Å². The number of allylic oxidation sites excluding steroid dienone is 5. The first-order valence-corrected chi connectivity index (χ1v) is 22.7. The predicted molar refractivity (Wildman–Crippen MR) is 259 cm³/mol. The van der Waals surface area contributed by atoms with Gasteiger partial charge in [-0.15, -0.1) is 0 Å². The van der Waals surface area contributed by atoms with Crippen molar-refractivity contribution in [3.8, 4) is 40.1 Å². The van der Waals surface area contributed by atoms with E-state index in [2.05, 4.69) is 6.08 Å². The van der Waals surface area contributed by atoms with Crippen molar-refractivity contribution < 1.29 is 57.8 Å². The minimum atomic E-state index is -2.16. The molecule has 4 unspecified atom stereocenters. The highest BCUT2D eigenvalue weighted by Crippen LogP contribution is 2.64. The lowest BCUT2D eigenvalue weighted by Crippen LogP contribution is -2.66. The number of carboxylic acids is 2. The van der Waals surface area contributed by atoms with Crippen molar-refractivity contribution in [2.75, 3.05) is 14.2 Å². The lowest BCUT2D eigenvalue weighted by atomic mass is 9.60. The van der Waals surface area contributed by atoms with Crippen LogP contribution in [0.1, 0.15) is 109 Å². The Morgan fingerprint density at radius 3 is 2.21 bits per heavy atom. The van der Waals surface area contributed by atoms with E-state index >= 15 is 0 Å². The number of methoxy groups -OCH3 is 2. The number of aromatic hydroxyl groups is 1. The molecule has 3 N–H and O–H groups in total. The second-order valence-corrected chi connectivity index (χ2v) is 19.0. The lowest BCUT2D eigenvalue weighted by molar-refractivity contribution is -0.184. The number of carboxylic acid groups (broad SMARTS) is 2. The maximum Gasteiger partial charge on any atom is 0.340 e. The topological polar surface area (TPSA) is 188 Å². The van der Waals surface area contributed by atoms with E-state index in [4.69, 9.17) is 28.1 Å². The van der Waals surface area contributed by atoms with Crippen LogP contribution in [0.15, 0.2) is 110 Å². The van der Waals surface area contributed by atoms with Gasteiger partial charge in [0.05, 0.1) is 30.8 Å². The average molecular weight is 929 g/mol. The summed E-state index contributed by atoms with van der Waals surface area (Å²) in [6.45, 7) is 14.9. The maximum atomic E-state index is 14.7. The van der Waals surface area contributed by atoms with Crippen molar-refractivity contribution >= 4 is 34.8 Å². The number of Topliss-reactive ketones (excluding diaryl/α,β-unsaturated/α-hetero) is 1. The zero-order valence-electron chi connectivity index (χ0n) is 40.3. The standard InChI is InChI=1S/C38H46O9.C17H14O4/c1-21(2)11-10-18-36(8)19-17-24-29(39)28-30(40)26-12-9-13-27-35(6,7)47-37(34(43)44,20-16-23(5)33(41)42)38(26,27)46-32(28)25(31(24)45-36)15-14-22(3)4;1-19-13-10-6-9-12-14(18)17(20-2)15(21-16(12)13)11-7-4-3-5-8-11/h11-12,14,16-17,19,27,39H,9-10,13,15,18,20H2,1-8H3,(H,41,42)(H,43,44);3-10H,1-2H3. The summed E-state index contributed by atoms with van der Waals surface area (Å²) < 4.78 is 36.7. The number of phenols is 1. The van der Waals surface area contributed by atoms with E-state index in [1.54, 1.807) is 51.3 Å². The van der Waals surface area contributed by atoms with E-state index in [0.717, 1.165) is 17.6 Å². The monoisotopic (exact) mass is 928 g/mol. The third kappa shape index (κ3) is 8.41. The highest BCUT2D eigenvalue weighted by molar-refractivity contribution is 6.17. The van der Waals surface area contributed by atoms with Crippen LogP contribution in [0.25, 0.3) is 28.4 Å². The fourth-order valence-corrected chi connectivity index (χ4v) is 9.96. The molecule has 0 radical (unpaired) electrons. The highest BCUT2D eigenvalue weighted by atomic mass is 16.6. The van der Waals surface area contributed by atoms with Gasteiger partial charge in [0.2, 0.25) is 16.8 Å². The molecule has 1 spiro atoms. The number of rotatable bonds is 12. The summed E-state index contributed by atoms with van der Waals surface area (Å²) in [7, 11) is 3.01. The van der Waals surface area contributed by atoms with Crippen LogP contribution in [-0.4, -0.2) is 69.7 Å². The zero-order chi connectivity index (χ0) is 49.5. The Bertz CT molecular complexity index is 2900. The normalized spacial score (nSPS) is 22.9. The molecular formula is C55H60O13. The number of ketones is 1. The average Bonchev–Trinajstić information content (AvgIpc) is 3.50. The first-order chi connectivity index (χ1) is 32.2. The molecule has 4 aromatic rings. The first-order valence-electron chi connectivity index (χ1n) is 22.7. The molecule has 1 saturated heterocycles. The molecule has 0 amide bonds. The molecule has 1 aliphatic carbocycles. The molecule has 4 heterocycles.